The van der Waals surface area contributed by atoms with Gasteiger partial charge in [0.05, 0.1) is 3.79 Å². The van der Waals surface area contributed by atoms with Gasteiger partial charge in [-0.15, -0.1) is 11.3 Å². The summed E-state index contributed by atoms with van der Waals surface area (Å²) in [5.74, 6) is 0.982. The van der Waals surface area contributed by atoms with Crippen LogP contribution in [0, 0.1) is 0 Å². The van der Waals surface area contributed by atoms with Gasteiger partial charge in [0.2, 0.25) is 0 Å². The van der Waals surface area contributed by atoms with Crippen molar-refractivity contribution in [3.05, 3.63) is 44.7 Å². The Bertz CT molecular complexity index is 522. The molecular weight excluding hydrogens is 322 g/mol. The maximum atomic E-state index is 5.79. The van der Waals surface area contributed by atoms with E-state index in [4.69, 9.17) is 5.73 Å². The normalized spacial score (nSPS) is 12.4. The Morgan fingerprint density at radius 1 is 1.42 bits per heavy atom. The van der Waals surface area contributed by atoms with Crippen LogP contribution in [-0.4, -0.2) is 18.1 Å². The van der Waals surface area contributed by atoms with Crippen LogP contribution in [0.25, 0.3) is 0 Å². The molecular formula is C14H18BrN3S. The number of rotatable bonds is 5. The quantitative estimate of drug-likeness (QED) is 0.907. The highest BCUT2D eigenvalue weighted by molar-refractivity contribution is 9.11. The van der Waals surface area contributed by atoms with Crippen LogP contribution in [0.3, 0.4) is 0 Å². The smallest absolute Gasteiger partial charge is 0.128 e. The van der Waals surface area contributed by atoms with Crippen LogP contribution in [0.15, 0.2) is 33.6 Å². The maximum absolute atomic E-state index is 5.79. The van der Waals surface area contributed by atoms with Crippen LogP contribution < -0.4 is 10.6 Å². The highest BCUT2D eigenvalue weighted by Crippen LogP contribution is 2.22. The van der Waals surface area contributed by atoms with Gasteiger partial charge in [0.15, 0.2) is 0 Å². The van der Waals surface area contributed by atoms with E-state index in [1.165, 1.54) is 11.1 Å². The van der Waals surface area contributed by atoms with Crippen molar-refractivity contribution in [2.75, 3.05) is 11.9 Å². The molecule has 3 nitrogen and oxygen atoms in total. The van der Waals surface area contributed by atoms with E-state index in [2.05, 4.69) is 56.4 Å². The number of thiophene rings is 1. The molecule has 0 aliphatic heterocycles. The van der Waals surface area contributed by atoms with E-state index in [1.807, 2.05) is 13.1 Å². The Morgan fingerprint density at radius 2 is 2.21 bits per heavy atom. The van der Waals surface area contributed by atoms with E-state index < -0.39 is 0 Å². The number of hydrogen-bond donors (Lipinski definition) is 1. The third-order valence-corrected chi connectivity index (χ3v) is 4.35. The molecule has 0 aromatic carbocycles. The summed E-state index contributed by atoms with van der Waals surface area (Å²) in [5.41, 5.74) is 8.26. The number of aromatic nitrogens is 1. The zero-order valence-corrected chi connectivity index (χ0v) is 13.5. The lowest BCUT2D eigenvalue weighted by Gasteiger charge is -2.17. The second-order valence-electron chi connectivity index (χ2n) is 4.82. The van der Waals surface area contributed by atoms with Crippen molar-refractivity contribution in [3.63, 3.8) is 0 Å². The first-order valence-electron chi connectivity index (χ1n) is 6.19. The molecule has 2 rings (SSSR count). The zero-order valence-electron chi connectivity index (χ0n) is 11.1. The molecule has 2 aromatic heterocycles. The van der Waals surface area contributed by atoms with Gasteiger partial charge in [0, 0.05) is 25.8 Å². The van der Waals surface area contributed by atoms with E-state index in [9.17, 15) is 0 Å². The van der Waals surface area contributed by atoms with E-state index in [0.29, 0.717) is 0 Å². The lowest BCUT2D eigenvalue weighted by atomic mass is 10.1. The summed E-state index contributed by atoms with van der Waals surface area (Å²) in [4.78, 5) is 6.64. The lowest BCUT2D eigenvalue weighted by molar-refractivity contribution is 0.735. The van der Waals surface area contributed by atoms with Crippen LogP contribution in [0.4, 0.5) is 5.82 Å². The van der Waals surface area contributed by atoms with Crippen LogP contribution in [0.5, 0.6) is 0 Å². The molecule has 0 aliphatic carbocycles. The minimum Gasteiger partial charge on any atom is -0.355 e. The predicted molar refractivity (Wildman–Crippen MR) is 85.7 cm³/mol. The molecule has 0 saturated heterocycles. The van der Waals surface area contributed by atoms with E-state index in [0.717, 1.165) is 22.6 Å². The largest absolute Gasteiger partial charge is 0.355 e. The zero-order chi connectivity index (χ0) is 13.8. The molecule has 0 aliphatic rings. The summed E-state index contributed by atoms with van der Waals surface area (Å²) in [5, 5.41) is 2.16. The number of halogens is 1. The molecule has 0 bridgehead atoms. The Kier molecular flexibility index (Phi) is 4.96. The van der Waals surface area contributed by atoms with Gasteiger partial charge in [-0.2, -0.15) is 0 Å². The molecule has 1 unspecified atom stereocenters. The van der Waals surface area contributed by atoms with Crippen molar-refractivity contribution in [3.8, 4) is 0 Å². The topological polar surface area (TPSA) is 42.1 Å². The molecule has 102 valence electrons. The average molecular weight is 340 g/mol. The van der Waals surface area contributed by atoms with Crippen molar-refractivity contribution in [1.82, 2.24) is 4.98 Å². The SMILES string of the molecule is CC(N)Cc1ccc(N(C)Cc2csc(Br)c2)nc1. The molecule has 2 N–H and O–H groups in total. The minimum absolute atomic E-state index is 0.175. The fraction of sp³-hybridized carbons (Fsp3) is 0.357. The van der Waals surface area contributed by atoms with Crippen molar-refractivity contribution in [2.45, 2.75) is 25.9 Å². The van der Waals surface area contributed by atoms with Crippen molar-refractivity contribution in [1.29, 1.82) is 0 Å². The summed E-state index contributed by atoms with van der Waals surface area (Å²) in [7, 11) is 2.05. The van der Waals surface area contributed by atoms with Gasteiger partial charge in [-0.25, -0.2) is 4.98 Å². The Balaban J connectivity index is 2.01. The predicted octanol–water partition coefficient (Wildman–Crippen LogP) is 3.43. The van der Waals surface area contributed by atoms with Gasteiger partial charge < -0.3 is 10.6 Å². The summed E-state index contributed by atoms with van der Waals surface area (Å²) in [6, 6.07) is 6.48. The molecule has 0 spiro atoms. The van der Waals surface area contributed by atoms with Gasteiger partial charge in [-0.05, 0) is 57.9 Å². The summed E-state index contributed by atoms with van der Waals surface area (Å²) in [6.07, 6.45) is 2.78. The molecule has 1 atom stereocenters. The number of anilines is 1. The first-order chi connectivity index (χ1) is 9.04. The first kappa shape index (κ1) is 14.5. The minimum atomic E-state index is 0.175. The number of nitrogens with two attached hydrogens (primary N) is 1. The number of pyridine rings is 1. The van der Waals surface area contributed by atoms with Crippen LogP contribution >= 0.6 is 27.3 Å². The molecule has 2 aromatic rings. The summed E-state index contributed by atoms with van der Waals surface area (Å²) in [6.45, 7) is 2.87. The molecule has 19 heavy (non-hydrogen) atoms. The molecule has 2 heterocycles. The molecule has 0 radical (unpaired) electrons. The third-order valence-electron chi connectivity index (χ3n) is 2.80. The van der Waals surface area contributed by atoms with Crippen LogP contribution in [0.1, 0.15) is 18.1 Å². The second-order valence-corrected chi connectivity index (χ2v) is 7.11. The van der Waals surface area contributed by atoms with E-state index in [-0.39, 0.29) is 6.04 Å². The molecule has 0 saturated carbocycles. The Morgan fingerprint density at radius 3 is 2.74 bits per heavy atom. The fourth-order valence-electron chi connectivity index (χ4n) is 1.92. The van der Waals surface area contributed by atoms with Crippen molar-refractivity contribution < 1.29 is 0 Å². The Hall–Kier alpha value is -0.910. The van der Waals surface area contributed by atoms with Crippen molar-refractivity contribution >= 4 is 33.1 Å². The molecule has 0 amide bonds. The first-order valence-corrected chi connectivity index (χ1v) is 7.86. The third kappa shape index (κ3) is 4.30. The second kappa shape index (κ2) is 6.50. The fourth-order valence-corrected chi connectivity index (χ4v) is 3.12. The summed E-state index contributed by atoms with van der Waals surface area (Å²) >= 11 is 5.19. The Labute approximate surface area is 126 Å². The van der Waals surface area contributed by atoms with Gasteiger partial charge in [0.25, 0.3) is 0 Å². The summed E-state index contributed by atoms with van der Waals surface area (Å²) < 4.78 is 1.16. The van der Waals surface area contributed by atoms with Gasteiger partial charge in [-0.1, -0.05) is 6.07 Å². The van der Waals surface area contributed by atoms with Gasteiger partial charge in [0.1, 0.15) is 5.82 Å². The van der Waals surface area contributed by atoms with Gasteiger partial charge in [-0.3, -0.25) is 0 Å². The van der Waals surface area contributed by atoms with E-state index in [1.54, 1.807) is 11.3 Å². The number of hydrogen-bond acceptors (Lipinski definition) is 4. The molecule has 0 fully saturated rings. The van der Waals surface area contributed by atoms with Gasteiger partial charge >= 0.3 is 0 Å². The highest BCUT2D eigenvalue weighted by Gasteiger charge is 2.06. The van der Waals surface area contributed by atoms with Crippen LogP contribution in [-0.2, 0) is 13.0 Å². The lowest BCUT2D eigenvalue weighted by Crippen LogP contribution is -2.19. The average Bonchev–Trinajstić information content (AvgIpc) is 2.75. The van der Waals surface area contributed by atoms with Crippen LogP contribution in [0.2, 0.25) is 0 Å². The number of nitrogens with zero attached hydrogens (tertiary/aromatic N) is 2. The standard InChI is InChI=1S/C14H18BrN3S/c1-10(16)5-11-3-4-14(17-7-11)18(2)8-12-6-13(15)19-9-12/h3-4,6-7,9-10H,5,8,16H2,1-2H3. The van der Waals surface area contributed by atoms with E-state index >= 15 is 0 Å². The molecule has 5 heteroatoms. The van der Waals surface area contributed by atoms with Crippen molar-refractivity contribution in [2.24, 2.45) is 5.73 Å². The monoisotopic (exact) mass is 339 g/mol. The maximum Gasteiger partial charge on any atom is 0.128 e. The highest BCUT2D eigenvalue weighted by atomic mass is 79.9.